The van der Waals surface area contributed by atoms with E-state index in [0.717, 1.165) is 32.1 Å². The molecule has 0 rings (SSSR count). The quantitative estimate of drug-likeness (QED) is 0.598. The molecule has 0 saturated heterocycles. The molecule has 0 fully saturated rings. The monoisotopic (exact) mass is 208 g/mol. The molecule has 0 aromatic carbocycles. The molecule has 15 heavy (non-hydrogen) atoms. The molecule has 0 aliphatic heterocycles. The first-order valence-corrected chi connectivity index (χ1v) is 5.73. The van der Waals surface area contributed by atoms with Crippen molar-refractivity contribution in [1.29, 1.82) is 0 Å². The van der Waals surface area contributed by atoms with Gasteiger partial charge in [-0.2, -0.15) is 0 Å². The molecular formula is C14H24O. The molecule has 86 valence electrons. The zero-order chi connectivity index (χ0) is 11.5. The van der Waals surface area contributed by atoms with Gasteiger partial charge in [-0.05, 0) is 46.0 Å². The number of hydrogen-bond acceptors (Lipinski definition) is 1. The highest BCUT2D eigenvalue weighted by Gasteiger charge is 1.90. The second-order valence-corrected chi connectivity index (χ2v) is 3.98. The lowest BCUT2D eigenvalue weighted by Gasteiger charge is -2.00. The fraction of sp³-hybridized carbons (Fsp3) is 0.571. The Labute approximate surface area is 94.2 Å². The van der Waals surface area contributed by atoms with Crippen LogP contribution in [-0.4, -0.2) is 11.7 Å². The highest BCUT2D eigenvalue weighted by atomic mass is 16.2. The second-order valence-electron chi connectivity index (χ2n) is 3.98. The summed E-state index contributed by atoms with van der Waals surface area (Å²) < 4.78 is 0. The van der Waals surface area contributed by atoms with Gasteiger partial charge < -0.3 is 5.11 Å². The molecule has 0 spiro atoms. The van der Waals surface area contributed by atoms with Gasteiger partial charge >= 0.3 is 0 Å². The van der Waals surface area contributed by atoms with Crippen LogP contribution in [0, 0.1) is 0 Å². The molecule has 0 bridgehead atoms. The van der Waals surface area contributed by atoms with Crippen LogP contribution < -0.4 is 0 Å². The molecule has 0 radical (unpaired) electrons. The van der Waals surface area contributed by atoms with Crippen molar-refractivity contribution in [2.45, 2.75) is 46.0 Å². The van der Waals surface area contributed by atoms with Gasteiger partial charge in [0.1, 0.15) is 0 Å². The summed E-state index contributed by atoms with van der Waals surface area (Å²) in [7, 11) is 0. The van der Waals surface area contributed by atoms with Crippen molar-refractivity contribution < 1.29 is 5.11 Å². The Morgan fingerprint density at radius 1 is 1.00 bits per heavy atom. The standard InChI is InChI=1S/C14H24O/c1-4-5-8-13(2)9-6-10-14(3)11-7-12-15/h4,9,11,15H,1,5-8,10,12H2,2-3H3/b13-9+,14-11+. The molecule has 0 amide bonds. The molecule has 0 saturated carbocycles. The number of rotatable bonds is 8. The average Bonchev–Trinajstić information content (AvgIpc) is 2.23. The lowest BCUT2D eigenvalue weighted by molar-refractivity contribution is 0.302. The van der Waals surface area contributed by atoms with Gasteiger partial charge in [0, 0.05) is 6.61 Å². The van der Waals surface area contributed by atoms with Crippen LogP contribution in [0.1, 0.15) is 46.0 Å². The van der Waals surface area contributed by atoms with Crippen molar-refractivity contribution in [3.63, 3.8) is 0 Å². The van der Waals surface area contributed by atoms with E-state index in [-0.39, 0.29) is 6.61 Å². The Balaban J connectivity index is 3.70. The second kappa shape index (κ2) is 9.72. The highest BCUT2D eigenvalue weighted by molar-refractivity contribution is 5.04. The van der Waals surface area contributed by atoms with Crippen LogP contribution in [0.5, 0.6) is 0 Å². The maximum Gasteiger partial charge on any atom is 0.0465 e. The fourth-order valence-electron chi connectivity index (χ4n) is 1.39. The SMILES string of the molecule is C=CCC/C(C)=C/CC/C(C)=C/CCO. The molecule has 0 unspecified atom stereocenters. The number of aliphatic hydroxyl groups is 1. The molecule has 0 aromatic heterocycles. The molecule has 1 nitrogen and oxygen atoms in total. The van der Waals surface area contributed by atoms with Crippen molar-refractivity contribution >= 4 is 0 Å². The normalized spacial score (nSPS) is 13.0. The fourth-order valence-corrected chi connectivity index (χ4v) is 1.39. The van der Waals surface area contributed by atoms with Gasteiger partial charge in [0.05, 0.1) is 0 Å². The Kier molecular flexibility index (Phi) is 9.19. The maximum atomic E-state index is 8.66. The van der Waals surface area contributed by atoms with E-state index >= 15 is 0 Å². The lowest BCUT2D eigenvalue weighted by atomic mass is 10.1. The third kappa shape index (κ3) is 9.48. The summed E-state index contributed by atoms with van der Waals surface area (Å²) in [5.41, 5.74) is 2.82. The molecule has 0 atom stereocenters. The smallest absolute Gasteiger partial charge is 0.0465 e. The van der Waals surface area contributed by atoms with Gasteiger partial charge in [0.2, 0.25) is 0 Å². The predicted molar refractivity (Wildman–Crippen MR) is 67.9 cm³/mol. The van der Waals surface area contributed by atoms with Crippen LogP contribution in [0.3, 0.4) is 0 Å². The average molecular weight is 208 g/mol. The van der Waals surface area contributed by atoms with Crippen LogP contribution in [0.25, 0.3) is 0 Å². The van der Waals surface area contributed by atoms with E-state index in [1.165, 1.54) is 11.1 Å². The summed E-state index contributed by atoms with van der Waals surface area (Å²) in [6, 6.07) is 0. The first-order chi connectivity index (χ1) is 7.20. The van der Waals surface area contributed by atoms with E-state index in [4.69, 9.17) is 5.11 Å². The number of hydrogen-bond donors (Lipinski definition) is 1. The van der Waals surface area contributed by atoms with Crippen molar-refractivity contribution in [3.8, 4) is 0 Å². The molecule has 1 heteroatoms. The van der Waals surface area contributed by atoms with Gasteiger partial charge in [-0.3, -0.25) is 0 Å². The maximum absolute atomic E-state index is 8.66. The van der Waals surface area contributed by atoms with Crippen molar-refractivity contribution in [2.24, 2.45) is 0 Å². The third-order valence-corrected chi connectivity index (χ3v) is 2.40. The van der Waals surface area contributed by atoms with Gasteiger partial charge in [-0.15, -0.1) is 6.58 Å². The summed E-state index contributed by atoms with van der Waals surface area (Å²) in [6.45, 7) is 8.27. The predicted octanol–water partition coefficient (Wildman–Crippen LogP) is 4.01. The van der Waals surface area contributed by atoms with E-state index in [9.17, 15) is 0 Å². The third-order valence-electron chi connectivity index (χ3n) is 2.40. The van der Waals surface area contributed by atoms with Crippen molar-refractivity contribution in [3.05, 3.63) is 36.0 Å². The lowest BCUT2D eigenvalue weighted by Crippen LogP contribution is -1.82. The zero-order valence-electron chi connectivity index (χ0n) is 10.1. The van der Waals surface area contributed by atoms with Crippen LogP contribution >= 0.6 is 0 Å². The first kappa shape index (κ1) is 14.2. The summed E-state index contributed by atoms with van der Waals surface area (Å²) in [5.74, 6) is 0. The molecule has 0 aliphatic rings. The van der Waals surface area contributed by atoms with Gasteiger partial charge in [-0.1, -0.05) is 29.4 Å². The van der Waals surface area contributed by atoms with Gasteiger partial charge in [0.25, 0.3) is 0 Å². The zero-order valence-corrected chi connectivity index (χ0v) is 10.1. The Bertz CT molecular complexity index is 223. The number of aliphatic hydroxyl groups excluding tert-OH is 1. The van der Waals surface area contributed by atoms with E-state index in [1.807, 2.05) is 6.08 Å². The minimum atomic E-state index is 0.255. The van der Waals surface area contributed by atoms with Gasteiger partial charge in [-0.25, -0.2) is 0 Å². The summed E-state index contributed by atoms with van der Waals surface area (Å²) >= 11 is 0. The molecule has 1 N–H and O–H groups in total. The Morgan fingerprint density at radius 2 is 1.53 bits per heavy atom. The van der Waals surface area contributed by atoms with E-state index in [2.05, 4.69) is 32.6 Å². The number of allylic oxidation sites excluding steroid dienone is 4. The Hall–Kier alpha value is -0.820. The Morgan fingerprint density at radius 3 is 2.07 bits per heavy atom. The molecule has 0 aliphatic carbocycles. The minimum absolute atomic E-state index is 0.255. The topological polar surface area (TPSA) is 20.2 Å². The molecule has 0 heterocycles. The summed E-state index contributed by atoms with van der Waals surface area (Å²) in [4.78, 5) is 0. The molecular weight excluding hydrogens is 184 g/mol. The largest absolute Gasteiger partial charge is 0.396 e. The van der Waals surface area contributed by atoms with Crippen LogP contribution in [0.2, 0.25) is 0 Å². The summed E-state index contributed by atoms with van der Waals surface area (Å²) in [5, 5.41) is 8.66. The van der Waals surface area contributed by atoms with Crippen molar-refractivity contribution in [1.82, 2.24) is 0 Å². The van der Waals surface area contributed by atoms with E-state index < -0.39 is 0 Å². The van der Waals surface area contributed by atoms with Crippen molar-refractivity contribution in [2.75, 3.05) is 6.61 Å². The van der Waals surface area contributed by atoms with E-state index in [1.54, 1.807) is 0 Å². The van der Waals surface area contributed by atoms with Crippen LogP contribution in [0.15, 0.2) is 36.0 Å². The van der Waals surface area contributed by atoms with Gasteiger partial charge in [0.15, 0.2) is 0 Å². The molecule has 0 aromatic rings. The van der Waals surface area contributed by atoms with E-state index in [0.29, 0.717) is 0 Å². The highest BCUT2D eigenvalue weighted by Crippen LogP contribution is 2.10. The first-order valence-electron chi connectivity index (χ1n) is 5.73. The van der Waals surface area contributed by atoms with Crippen LogP contribution in [-0.2, 0) is 0 Å². The summed E-state index contributed by atoms with van der Waals surface area (Å²) in [6.07, 6.45) is 11.6. The van der Waals surface area contributed by atoms with Crippen LogP contribution in [0.4, 0.5) is 0 Å². The minimum Gasteiger partial charge on any atom is -0.396 e.